The third-order valence-corrected chi connectivity index (χ3v) is 3.49. The van der Waals surface area contributed by atoms with Crippen LogP contribution in [0.15, 0.2) is 12.7 Å². The van der Waals surface area contributed by atoms with Crippen molar-refractivity contribution < 1.29 is 9.90 Å². The Morgan fingerprint density at radius 3 is 1.38 bits per heavy atom. The van der Waals surface area contributed by atoms with Crippen molar-refractivity contribution in [3.63, 3.8) is 0 Å². The van der Waals surface area contributed by atoms with Crippen LogP contribution in [0, 0.1) is 0 Å². The Bertz CT molecular complexity index is 212. The zero-order valence-corrected chi connectivity index (χ0v) is 14.5. The fraction of sp³-hybridized carbons (Fsp3) is 0.842. The number of hydrogen-bond donors (Lipinski definition) is 1. The predicted molar refractivity (Wildman–Crippen MR) is 93.8 cm³/mol. The molecule has 0 aliphatic rings. The summed E-state index contributed by atoms with van der Waals surface area (Å²) in [6.07, 6.45) is 19.0. The van der Waals surface area contributed by atoms with Gasteiger partial charge in [-0.05, 0) is 13.3 Å². The van der Waals surface area contributed by atoms with Crippen LogP contribution in [0.2, 0.25) is 0 Å². The molecule has 0 aromatic heterocycles. The van der Waals surface area contributed by atoms with Crippen LogP contribution in [0.4, 0.5) is 0 Å². The molecule has 2 nitrogen and oxygen atoms in total. The number of unbranched alkanes of at least 4 members (excludes halogenated alkanes) is 12. The fourth-order valence-corrected chi connectivity index (χ4v) is 2.29. The average Bonchev–Trinajstić information content (AvgIpc) is 2.44. The van der Waals surface area contributed by atoms with Crippen LogP contribution >= 0.6 is 0 Å². The summed E-state index contributed by atoms with van der Waals surface area (Å²) in [5.74, 6) is -0.655. The van der Waals surface area contributed by atoms with Gasteiger partial charge in [0.2, 0.25) is 0 Å². The van der Waals surface area contributed by atoms with Crippen LogP contribution in [0.3, 0.4) is 0 Å². The molecule has 0 radical (unpaired) electrons. The number of allylic oxidation sites excluding steroid dienone is 1. The van der Waals surface area contributed by atoms with Crippen molar-refractivity contribution in [3.8, 4) is 0 Å². The molecule has 0 aromatic rings. The SMILES string of the molecule is C=CC.CCCCCCCCCCCCCCCC(=O)O. The molecule has 0 atom stereocenters. The van der Waals surface area contributed by atoms with Crippen molar-refractivity contribution in [2.75, 3.05) is 0 Å². The van der Waals surface area contributed by atoms with Gasteiger partial charge >= 0.3 is 5.97 Å². The molecule has 0 aliphatic heterocycles. The second-order valence-corrected chi connectivity index (χ2v) is 5.79. The fourth-order valence-electron chi connectivity index (χ4n) is 2.29. The van der Waals surface area contributed by atoms with Gasteiger partial charge in [0.15, 0.2) is 0 Å². The Morgan fingerprint density at radius 2 is 1.10 bits per heavy atom. The van der Waals surface area contributed by atoms with E-state index in [1.165, 1.54) is 70.6 Å². The third kappa shape index (κ3) is 28.2. The minimum absolute atomic E-state index is 0.345. The highest BCUT2D eigenvalue weighted by molar-refractivity contribution is 5.66. The van der Waals surface area contributed by atoms with Gasteiger partial charge in [-0.3, -0.25) is 4.79 Å². The largest absolute Gasteiger partial charge is 0.481 e. The topological polar surface area (TPSA) is 37.3 Å². The third-order valence-electron chi connectivity index (χ3n) is 3.49. The Balaban J connectivity index is 0. The Kier molecular flexibility index (Phi) is 23.0. The van der Waals surface area contributed by atoms with Crippen LogP contribution < -0.4 is 0 Å². The van der Waals surface area contributed by atoms with Gasteiger partial charge in [-0.25, -0.2) is 0 Å². The van der Waals surface area contributed by atoms with Crippen molar-refractivity contribution in [2.24, 2.45) is 0 Å². The number of hydrogen-bond acceptors (Lipinski definition) is 1. The molecule has 21 heavy (non-hydrogen) atoms. The van der Waals surface area contributed by atoms with Gasteiger partial charge in [-0.2, -0.15) is 0 Å². The first-order valence-electron chi connectivity index (χ1n) is 8.97. The van der Waals surface area contributed by atoms with Crippen LogP contribution in [-0.2, 0) is 4.79 Å². The zero-order valence-electron chi connectivity index (χ0n) is 14.5. The minimum atomic E-state index is -0.655. The average molecular weight is 299 g/mol. The lowest BCUT2D eigenvalue weighted by Crippen LogP contribution is -1.93. The highest BCUT2D eigenvalue weighted by atomic mass is 16.4. The molecule has 0 aromatic carbocycles. The summed E-state index contributed by atoms with van der Waals surface area (Å²) in [5, 5.41) is 8.49. The lowest BCUT2D eigenvalue weighted by atomic mass is 10.0. The molecule has 0 spiro atoms. The van der Waals surface area contributed by atoms with Crippen LogP contribution in [0.25, 0.3) is 0 Å². The molecule has 0 saturated heterocycles. The number of carboxylic acid groups (broad SMARTS) is 1. The molecular weight excluding hydrogens is 260 g/mol. The minimum Gasteiger partial charge on any atom is -0.481 e. The predicted octanol–water partition coefficient (Wildman–Crippen LogP) is 6.74. The summed E-state index contributed by atoms with van der Waals surface area (Å²) in [4.78, 5) is 10.3. The van der Waals surface area contributed by atoms with E-state index in [9.17, 15) is 4.79 Å². The van der Waals surface area contributed by atoms with E-state index in [-0.39, 0.29) is 0 Å². The molecule has 2 heteroatoms. The van der Waals surface area contributed by atoms with Gasteiger partial charge in [0.05, 0.1) is 0 Å². The first-order valence-corrected chi connectivity index (χ1v) is 8.97. The number of aliphatic carboxylic acids is 1. The maximum Gasteiger partial charge on any atom is 0.303 e. The first-order chi connectivity index (χ1) is 10.2. The molecule has 0 bridgehead atoms. The summed E-state index contributed by atoms with van der Waals surface area (Å²) < 4.78 is 0. The smallest absolute Gasteiger partial charge is 0.303 e. The van der Waals surface area contributed by atoms with E-state index in [1.807, 2.05) is 6.92 Å². The van der Waals surface area contributed by atoms with Crippen molar-refractivity contribution in [1.82, 2.24) is 0 Å². The second-order valence-electron chi connectivity index (χ2n) is 5.79. The van der Waals surface area contributed by atoms with E-state index in [0.717, 1.165) is 12.8 Å². The van der Waals surface area contributed by atoms with Gasteiger partial charge in [-0.15, -0.1) is 6.58 Å². The lowest BCUT2D eigenvalue weighted by Gasteiger charge is -2.02. The van der Waals surface area contributed by atoms with Crippen molar-refractivity contribution in [3.05, 3.63) is 12.7 Å². The highest BCUT2D eigenvalue weighted by Gasteiger charge is 1.96. The number of carbonyl (C=O) groups is 1. The molecular formula is C19H38O2. The number of rotatable bonds is 14. The van der Waals surface area contributed by atoms with Crippen LogP contribution in [0.5, 0.6) is 0 Å². The monoisotopic (exact) mass is 298 g/mol. The van der Waals surface area contributed by atoms with E-state index in [2.05, 4.69) is 13.5 Å². The van der Waals surface area contributed by atoms with Crippen molar-refractivity contribution in [1.29, 1.82) is 0 Å². The molecule has 0 unspecified atom stereocenters. The summed E-state index contributed by atoms with van der Waals surface area (Å²) in [5.41, 5.74) is 0. The maximum atomic E-state index is 10.3. The quantitative estimate of drug-likeness (QED) is 0.284. The van der Waals surface area contributed by atoms with E-state index >= 15 is 0 Å². The summed E-state index contributed by atoms with van der Waals surface area (Å²) in [7, 11) is 0. The van der Waals surface area contributed by atoms with Gasteiger partial charge < -0.3 is 5.11 Å². The maximum absolute atomic E-state index is 10.3. The van der Waals surface area contributed by atoms with E-state index in [0.29, 0.717) is 6.42 Å². The van der Waals surface area contributed by atoms with E-state index < -0.39 is 5.97 Å². The second kappa shape index (κ2) is 21.5. The Morgan fingerprint density at radius 1 is 0.810 bits per heavy atom. The Hall–Kier alpha value is -0.790. The standard InChI is InChI=1S/C16H32O2.C3H6/c1-2-3-4-5-6-7-8-9-10-11-12-13-14-15-16(17)18;1-3-2/h2-15H2,1H3,(H,17,18);3H,1H2,2H3. The summed E-state index contributed by atoms with van der Waals surface area (Å²) in [6.45, 7) is 7.51. The molecule has 0 fully saturated rings. The molecule has 1 N–H and O–H groups in total. The van der Waals surface area contributed by atoms with Crippen LogP contribution in [-0.4, -0.2) is 11.1 Å². The van der Waals surface area contributed by atoms with E-state index in [1.54, 1.807) is 6.08 Å². The van der Waals surface area contributed by atoms with Gasteiger partial charge in [0.25, 0.3) is 0 Å². The van der Waals surface area contributed by atoms with Crippen molar-refractivity contribution in [2.45, 2.75) is 104 Å². The molecule has 126 valence electrons. The van der Waals surface area contributed by atoms with Crippen LogP contribution in [0.1, 0.15) is 104 Å². The summed E-state index contributed by atoms with van der Waals surface area (Å²) >= 11 is 0. The summed E-state index contributed by atoms with van der Waals surface area (Å²) in [6, 6.07) is 0. The van der Waals surface area contributed by atoms with E-state index in [4.69, 9.17) is 5.11 Å². The molecule has 0 saturated carbocycles. The molecule has 0 amide bonds. The van der Waals surface area contributed by atoms with Gasteiger partial charge in [0.1, 0.15) is 0 Å². The highest BCUT2D eigenvalue weighted by Crippen LogP contribution is 2.12. The van der Waals surface area contributed by atoms with Gasteiger partial charge in [0, 0.05) is 6.42 Å². The Labute approximate surface area is 133 Å². The van der Waals surface area contributed by atoms with Gasteiger partial charge in [-0.1, -0.05) is 90.0 Å². The first kappa shape index (κ1) is 22.5. The van der Waals surface area contributed by atoms with Crippen molar-refractivity contribution >= 4 is 5.97 Å². The molecule has 0 aliphatic carbocycles. The molecule has 0 heterocycles. The normalized spacial score (nSPS) is 9.81. The molecule has 0 rings (SSSR count). The zero-order chi connectivity index (χ0) is 16.2. The lowest BCUT2D eigenvalue weighted by molar-refractivity contribution is -0.137. The number of carboxylic acids is 1.